The molecular weight excluding hydrogens is 312 g/mol. The number of ether oxygens (including phenoxy) is 1. The van der Waals surface area contributed by atoms with E-state index in [1.807, 2.05) is 42.5 Å². The van der Waals surface area contributed by atoms with Gasteiger partial charge in [-0.25, -0.2) is 0 Å². The van der Waals surface area contributed by atoms with Gasteiger partial charge in [0.2, 0.25) is 5.91 Å². The number of para-hydroxylation sites is 1. The number of carbonyl (C=O) groups is 1. The zero-order chi connectivity index (χ0) is 17.7. The summed E-state index contributed by atoms with van der Waals surface area (Å²) in [6, 6.07) is 18.1. The first-order chi connectivity index (χ1) is 12.0. The highest BCUT2D eigenvalue weighted by Crippen LogP contribution is 2.27. The molecule has 0 saturated carbocycles. The minimum absolute atomic E-state index is 0.0488. The van der Waals surface area contributed by atoms with Crippen molar-refractivity contribution in [1.82, 2.24) is 4.90 Å². The maximum Gasteiger partial charge on any atom is 0.225 e. The maximum absolute atomic E-state index is 12.4. The van der Waals surface area contributed by atoms with E-state index in [2.05, 4.69) is 36.2 Å². The highest BCUT2D eigenvalue weighted by atomic mass is 16.5. The van der Waals surface area contributed by atoms with E-state index < -0.39 is 0 Å². The van der Waals surface area contributed by atoms with E-state index in [9.17, 15) is 4.79 Å². The Labute approximate surface area is 149 Å². The molecule has 0 unspecified atom stereocenters. The van der Waals surface area contributed by atoms with E-state index in [-0.39, 0.29) is 11.5 Å². The number of hydrogen-bond acceptors (Lipinski definition) is 3. The third-order valence-corrected chi connectivity index (χ3v) is 4.45. The quantitative estimate of drug-likeness (QED) is 0.902. The van der Waals surface area contributed by atoms with Crippen molar-refractivity contribution in [3.8, 4) is 11.1 Å². The van der Waals surface area contributed by atoms with Crippen LogP contribution in [0.4, 0.5) is 5.69 Å². The van der Waals surface area contributed by atoms with Crippen LogP contribution in [-0.4, -0.2) is 42.6 Å². The van der Waals surface area contributed by atoms with Crippen molar-refractivity contribution in [3.63, 3.8) is 0 Å². The van der Waals surface area contributed by atoms with Crippen LogP contribution in [0.2, 0.25) is 0 Å². The number of amides is 1. The molecule has 0 atom stereocenters. The number of nitrogens with one attached hydrogen (secondary N) is 1. The summed E-state index contributed by atoms with van der Waals surface area (Å²) >= 11 is 0. The third-order valence-electron chi connectivity index (χ3n) is 4.45. The van der Waals surface area contributed by atoms with Gasteiger partial charge in [0.25, 0.3) is 0 Å². The molecule has 1 heterocycles. The van der Waals surface area contributed by atoms with E-state index in [0.29, 0.717) is 6.42 Å². The molecule has 4 heteroatoms. The second kappa shape index (κ2) is 7.81. The summed E-state index contributed by atoms with van der Waals surface area (Å²) in [5, 5.41) is 3.07. The second-order valence-electron chi connectivity index (χ2n) is 7.09. The van der Waals surface area contributed by atoms with Crippen molar-refractivity contribution < 1.29 is 9.53 Å². The zero-order valence-electron chi connectivity index (χ0n) is 15.0. The molecule has 2 aromatic rings. The van der Waals surface area contributed by atoms with Crippen molar-refractivity contribution in [1.29, 1.82) is 0 Å². The Morgan fingerprint density at radius 3 is 2.60 bits per heavy atom. The Balaban J connectivity index is 1.60. The lowest BCUT2D eigenvalue weighted by Crippen LogP contribution is -2.48. The monoisotopic (exact) mass is 338 g/mol. The Morgan fingerprint density at radius 2 is 1.84 bits per heavy atom. The molecule has 1 fully saturated rings. The normalized spacial score (nSPS) is 17.2. The van der Waals surface area contributed by atoms with Gasteiger partial charge in [-0.1, -0.05) is 48.5 Å². The lowest BCUT2D eigenvalue weighted by atomic mass is 10.0. The lowest BCUT2D eigenvalue weighted by molar-refractivity contribution is -0.118. The SMILES string of the molecule is CC1(C)CN(CCC(=O)Nc2ccccc2-c2ccccc2)CCO1. The third kappa shape index (κ3) is 4.91. The molecule has 132 valence electrons. The highest BCUT2D eigenvalue weighted by Gasteiger charge is 2.27. The van der Waals surface area contributed by atoms with E-state index in [4.69, 9.17) is 4.74 Å². The average molecular weight is 338 g/mol. The van der Waals surface area contributed by atoms with Gasteiger partial charge in [0, 0.05) is 37.3 Å². The first kappa shape index (κ1) is 17.6. The minimum atomic E-state index is -0.130. The number of carbonyl (C=O) groups excluding carboxylic acids is 1. The first-order valence-corrected chi connectivity index (χ1v) is 8.84. The van der Waals surface area contributed by atoms with Crippen molar-refractivity contribution >= 4 is 11.6 Å². The van der Waals surface area contributed by atoms with Crippen LogP contribution in [0.3, 0.4) is 0 Å². The molecule has 1 saturated heterocycles. The summed E-state index contributed by atoms with van der Waals surface area (Å²) in [6.07, 6.45) is 0.485. The summed E-state index contributed by atoms with van der Waals surface area (Å²) in [7, 11) is 0. The van der Waals surface area contributed by atoms with Gasteiger partial charge < -0.3 is 10.1 Å². The molecule has 3 rings (SSSR count). The summed E-state index contributed by atoms with van der Waals surface area (Å²) in [5.41, 5.74) is 2.88. The first-order valence-electron chi connectivity index (χ1n) is 8.84. The van der Waals surface area contributed by atoms with Gasteiger partial charge >= 0.3 is 0 Å². The molecule has 0 aliphatic carbocycles. The molecule has 0 bridgehead atoms. The molecule has 0 radical (unpaired) electrons. The van der Waals surface area contributed by atoms with Gasteiger partial charge in [-0.3, -0.25) is 9.69 Å². The zero-order valence-corrected chi connectivity index (χ0v) is 15.0. The van der Waals surface area contributed by atoms with Gasteiger partial charge in [-0.15, -0.1) is 0 Å². The molecule has 1 N–H and O–H groups in total. The number of rotatable bonds is 5. The number of hydrogen-bond donors (Lipinski definition) is 1. The van der Waals surface area contributed by atoms with Crippen LogP contribution in [0.25, 0.3) is 11.1 Å². The molecule has 1 aliphatic rings. The standard InChI is InChI=1S/C21H26N2O2/c1-21(2)16-23(14-15-25-21)13-12-20(24)22-19-11-7-6-10-18(19)17-8-4-3-5-9-17/h3-11H,12-16H2,1-2H3,(H,22,24). The number of nitrogens with zero attached hydrogens (tertiary/aromatic N) is 1. The maximum atomic E-state index is 12.4. The molecule has 4 nitrogen and oxygen atoms in total. The molecule has 2 aromatic carbocycles. The molecule has 1 amide bonds. The summed E-state index contributed by atoms with van der Waals surface area (Å²) < 4.78 is 5.72. The average Bonchev–Trinajstić information content (AvgIpc) is 2.60. The molecule has 25 heavy (non-hydrogen) atoms. The fourth-order valence-corrected chi connectivity index (χ4v) is 3.24. The van der Waals surface area contributed by atoms with Crippen molar-refractivity contribution in [3.05, 3.63) is 54.6 Å². The Morgan fingerprint density at radius 1 is 1.12 bits per heavy atom. The molecule has 0 aromatic heterocycles. The van der Waals surface area contributed by atoms with Crippen LogP contribution in [-0.2, 0) is 9.53 Å². The van der Waals surface area contributed by atoms with Gasteiger partial charge in [-0.2, -0.15) is 0 Å². The van der Waals surface area contributed by atoms with Crippen molar-refractivity contribution in [2.24, 2.45) is 0 Å². The van der Waals surface area contributed by atoms with Crippen LogP contribution in [0.5, 0.6) is 0 Å². The Hall–Kier alpha value is -2.17. The van der Waals surface area contributed by atoms with Crippen LogP contribution in [0.15, 0.2) is 54.6 Å². The van der Waals surface area contributed by atoms with Gasteiger partial charge in [-0.05, 0) is 25.5 Å². The van der Waals surface area contributed by atoms with Crippen molar-refractivity contribution in [2.45, 2.75) is 25.9 Å². The summed E-state index contributed by atoms with van der Waals surface area (Å²) in [4.78, 5) is 14.7. The number of anilines is 1. The van der Waals surface area contributed by atoms with E-state index in [1.165, 1.54) is 0 Å². The minimum Gasteiger partial charge on any atom is -0.373 e. The van der Waals surface area contributed by atoms with Crippen LogP contribution < -0.4 is 5.32 Å². The smallest absolute Gasteiger partial charge is 0.225 e. The topological polar surface area (TPSA) is 41.6 Å². The molecule has 0 spiro atoms. The van der Waals surface area contributed by atoms with E-state index in [0.717, 1.165) is 43.1 Å². The Bertz CT molecular complexity index is 713. The predicted octanol–water partition coefficient (Wildman–Crippen LogP) is 3.79. The van der Waals surface area contributed by atoms with Crippen LogP contribution >= 0.6 is 0 Å². The largest absolute Gasteiger partial charge is 0.373 e. The fraction of sp³-hybridized carbons (Fsp3) is 0.381. The molecular formula is C21H26N2O2. The van der Waals surface area contributed by atoms with E-state index in [1.54, 1.807) is 0 Å². The molecule has 1 aliphatic heterocycles. The van der Waals surface area contributed by atoms with Crippen molar-refractivity contribution in [2.75, 3.05) is 31.6 Å². The summed E-state index contributed by atoms with van der Waals surface area (Å²) in [5.74, 6) is 0.0488. The predicted molar refractivity (Wildman–Crippen MR) is 102 cm³/mol. The second-order valence-corrected chi connectivity index (χ2v) is 7.09. The number of morpholine rings is 1. The summed E-state index contributed by atoms with van der Waals surface area (Å²) in [6.45, 7) is 7.42. The number of benzene rings is 2. The Kier molecular flexibility index (Phi) is 5.51. The van der Waals surface area contributed by atoms with Crippen LogP contribution in [0, 0.1) is 0 Å². The fourth-order valence-electron chi connectivity index (χ4n) is 3.24. The van der Waals surface area contributed by atoms with Crippen LogP contribution in [0.1, 0.15) is 20.3 Å². The lowest BCUT2D eigenvalue weighted by Gasteiger charge is -2.38. The van der Waals surface area contributed by atoms with Gasteiger partial charge in [0.1, 0.15) is 0 Å². The van der Waals surface area contributed by atoms with E-state index >= 15 is 0 Å². The van der Waals surface area contributed by atoms with Gasteiger partial charge in [0.15, 0.2) is 0 Å². The highest BCUT2D eigenvalue weighted by molar-refractivity contribution is 5.95. The van der Waals surface area contributed by atoms with Gasteiger partial charge in [0.05, 0.1) is 12.2 Å².